The number of rotatable bonds is 7. The number of urea groups is 1. The Morgan fingerprint density at radius 1 is 1.11 bits per heavy atom. The van der Waals surface area contributed by atoms with Gasteiger partial charge in [-0.1, -0.05) is 60.0 Å². The van der Waals surface area contributed by atoms with Crippen molar-refractivity contribution in [2.45, 2.75) is 31.7 Å². The molecule has 3 rings (SSSR count). The monoisotopic (exact) mass is 446 g/mol. The van der Waals surface area contributed by atoms with Gasteiger partial charge in [0.15, 0.2) is 5.78 Å². The van der Waals surface area contributed by atoms with Gasteiger partial charge in [0.05, 0.1) is 6.54 Å². The Kier molecular flexibility index (Phi) is 5.93. The maximum atomic E-state index is 13.4. The number of carbonyl (C=O) groups is 3. The average Bonchev–Trinajstić information content (AvgIpc) is 2.92. The van der Waals surface area contributed by atoms with Crippen molar-refractivity contribution in [3.05, 3.63) is 69.9 Å². The van der Waals surface area contributed by atoms with Gasteiger partial charge in [-0.25, -0.2) is 9.18 Å². The molecule has 2 aromatic carbocycles. The molecule has 1 heterocycles. The van der Waals surface area contributed by atoms with E-state index in [4.69, 9.17) is 0 Å². The third-order valence-corrected chi connectivity index (χ3v) is 5.41. The van der Waals surface area contributed by atoms with E-state index in [9.17, 15) is 18.8 Å². The van der Waals surface area contributed by atoms with Crippen molar-refractivity contribution < 1.29 is 18.8 Å². The Hall–Kier alpha value is -2.54. The van der Waals surface area contributed by atoms with Crippen molar-refractivity contribution in [3.8, 4) is 0 Å². The highest BCUT2D eigenvalue weighted by Gasteiger charge is 2.52. The molecule has 0 radical (unpaired) electrons. The topological polar surface area (TPSA) is 66.5 Å². The van der Waals surface area contributed by atoms with Crippen LogP contribution in [-0.4, -0.2) is 29.2 Å². The lowest BCUT2D eigenvalue weighted by atomic mass is 9.84. The molecule has 7 heteroatoms. The Labute approximate surface area is 171 Å². The standard InChI is InChI=1S/C21H20BrFN2O3/c1-2-3-12-21(15-6-10-17(23)11-7-15)19(27)25(20(28)24-21)13-18(26)14-4-8-16(22)9-5-14/h4-11H,2-3,12-13H2,1H3,(H,24,28). The van der Waals surface area contributed by atoms with Gasteiger partial charge in [0.2, 0.25) is 0 Å². The highest BCUT2D eigenvalue weighted by atomic mass is 79.9. The molecular formula is C21H20BrFN2O3. The van der Waals surface area contributed by atoms with Crippen molar-refractivity contribution in [1.82, 2.24) is 10.2 Å². The quantitative estimate of drug-likeness (QED) is 0.505. The number of carbonyl (C=O) groups excluding carboxylic acids is 3. The second-order valence-electron chi connectivity index (χ2n) is 6.77. The smallest absolute Gasteiger partial charge is 0.319 e. The van der Waals surface area contributed by atoms with Crippen molar-refractivity contribution in [1.29, 1.82) is 0 Å². The van der Waals surface area contributed by atoms with E-state index in [1.807, 2.05) is 6.92 Å². The van der Waals surface area contributed by atoms with Crippen LogP contribution in [0.25, 0.3) is 0 Å². The number of halogens is 2. The van der Waals surface area contributed by atoms with E-state index in [2.05, 4.69) is 21.2 Å². The van der Waals surface area contributed by atoms with Gasteiger partial charge in [-0.2, -0.15) is 0 Å². The second kappa shape index (κ2) is 8.22. The molecule has 3 amide bonds. The molecule has 28 heavy (non-hydrogen) atoms. The predicted octanol–water partition coefficient (Wildman–Crippen LogP) is 4.41. The maximum absolute atomic E-state index is 13.4. The molecule has 1 saturated heterocycles. The van der Waals surface area contributed by atoms with Crippen molar-refractivity contribution in [3.63, 3.8) is 0 Å². The average molecular weight is 447 g/mol. The summed E-state index contributed by atoms with van der Waals surface area (Å²) in [5.41, 5.74) is -0.350. The van der Waals surface area contributed by atoms with Gasteiger partial charge in [0.25, 0.3) is 5.91 Å². The first-order chi connectivity index (χ1) is 13.4. The zero-order chi connectivity index (χ0) is 20.3. The van der Waals surface area contributed by atoms with Gasteiger partial charge in [0.1, 0.15) is 11.4 Å². The number of hydrogen-bond acceptors (Lipinski definition) is 3. The molecule has 1 aliphatic heterocycles. The van der Waals surface area contributed by atoms with E-state index in [1.165, 1.54) is 24.3 Å². The van der Waals surface area contributed by atoms with Gasteiger partial charge in [-0.15, -0.1) is 0 Å². The van der Waals surface area contributed by atoms with Crippen molar-refractivity contribution in [2.24, 2.45) is 0 Å². The van der Waals surface area contributed by atoms with Crippen molar-refractivity contribution in [2.75, 3.05) is 6.54 Å². The number of Topliss-reactive ketones (excluding diaryl/α,β-unsaturated/α-hetero) is 1. The molecule has 1 aliphatic rings. The Bertz CT molecular complexity index is 899. The van der Waals surface area contributed by atoms with Crippen LogP contribution in [0.3, 0.4) is 0 Å². The summed E-state index contributed by atoms with van der Waals surface area (Å²) in [6, 6.07) is 11.6. The van der Waals surface area contributed by atoms with Crippen LogP contribution in [0.1, 0.15) is 42.1 Å². The highest BCUT2D eigenvalue weighted by Crippen LogP contribution is 2.34. The van der Waals surface area contributed by atoms with Gasteiger partial charge in [-0.3, -0.25) is 14.5 Å². The third kappa shape index (κ3) is 3.85. The van der Waals surface area contributed by atoms with Crippen LogP contribution in [0.4, 0.5) is 9.18 Å². The molecule has 1 unspecified atom stereocenters. The number of ketones is 1. The minimum Gasteiger partial charge on any atom is -0.319 e. The van der Waals surface area contributed by atoms with Crippen molar-refractivity contribution >= 4 is 33.7 Å². The third-order valence-electron chi connectivity index (χ3n) is 4.89. The Morgan fingerprint density at radius 2 is 1.75 bits per heavy atom. The van der Waals surface area contributed by atoms with Gasteiger partial charge in [0, 0.05) is 10.0 Å². The molecule has 0 saturated carbocycles. The van der Waals surface area contributed by atoms with E-state index in [1.54, 1.807) is 24.3 Å². The van der Waals surface area contributed by atoms with E-state index in [0.717, 1.165) is 15.8 Å². The highest BCUT2D eigenvalue weighted by molar-refractivity contribution is 9.10. The second-order valence-corrected chi connectivity index (χ2v) is 7.68. The summed E-state index contributed by atoms with van der Waals surface area (Å²) >= 11 is 3.31. The number of nitrogens with one attached hydrogen (secondary N) is 1. The normalized spacial score (nSPS) is 19.0. The molecule has 1 fully saturated rings. The van der Waals surface area contributed by atoms with Crippen LogP contribution in [0.2, 0.25) is 0 Å². The molecule has 1 N–H and O–H groups in total. The largest absolute Gasteiger partial charge is 0.325 e. The van der Waals surface area contributed by atoms with Gasteiger partial charge >= 0.3 is 6.03 Å². The zero-order valence-corrected chi connectivity index (χ0v) is 17.0. The number of nitrogens with zero attached hydrogens (tertiary/aromatic N) is 1. The lowest BCUT2D eigenvalue weighted by Gasteiger charge is -2.27. The number of amides is 3. The van der Waals surface area contributed by atoms with Gasteiger partial charge in [-0.05, 0) is 36.2 Å². The van der Waals surface area contributed by atoms with E-state index in [-0.39, 0.29) is 12.3 Å². The van der Waals surface area contributed by atoms with E-state index >= 15 is 0 Å². The molecule has 146 valence electrons. The fourth-order valence-electron chi connectivity index (χ4n) is 3.33. The number of benzene rings is 2. The molecular weight excluding hydrogens is 427 g/mol. The minimum atomic E-state index is -1.28. The summed E-state index contributed by atoms with van der Waals surface area (Å²) in [6.45, 7) is 1.63. The lowest BCUT2D eigenvalue weighted by molar-refractivity contribution is -0.131. The predicted molar refractivity (Wildman–Crippen MR) is 106 cm³/mol. The van der Waals surface area contributed by atoms with Crippen LogP contribution >= 0.6 is 15.9 Å². The van der Waals surface area contributed by atoms with Crippen LogP contribution < -0.4 is 5.32 Å². The van der Waals surface area contributed by atoms with Crippen LogP contribution in [0, 0.1) is 5.82 Å². The molecule has 0 aliphatic carbocycles. The molecule has 0 bridgehead atoms. The fourth-order valence-corrected chi connectivity index (χ4v) is 3.59. The molecule has 5 nitrogen and oxygen atoms in total. The molecule has 0 spiro atoms. The SMILES string of the molecule is CCCCC1(c2ccc(F)cc2)NC(=O)N(CC(=O)c2ccc(Br)cc2)C1=O. The van der Waals surface area contributed by atoms with Crippen LogP contribution in [-0.2, 0) is 10.3 Å². The summed E-state index contributed by atoms with van der Waals surface area (Å²) in [6.07, 6.45) is 1.89. The summed E-state index contributed by atoms with van der Waals surface area (Å²) in [5, 5.41) is 2.76. The number of unbranched alkanes of at least 4 members (excludes halogenated alkanes) is 1. The molecule has 1 atom stereocenters. The maximum Gasteiger partial charge on any atom is 0.325 e. The summed E-state index contributed by atoms with van der Waals surface area (Å²) < 4.78 is 14.2. The minimum absolute atomic E-state index is 0.332. The first-order valence-corrected chi connectivity index (χ1v) is 9.85. The molecule has 0 aromatic heterocycles. The molecule has 2 aromatic rings. The summed E-state index contributed by atoms with van der Waals surface area (Å²) in [5.74, 6) is -1.24. The lowest BCUT2D eigenvalue weighted by Crippen LogP contribution is -2.44. The Balaban J connectivity index is 1.89. The number of imide groups is 1. The van der Waals surface area contributed by atoms with Crippen LogP contribution in [0.5, 0.6) is 0 Å². The first kappa shape index (κ1) is 20.2. The fraction of sp³-hybridized carbons (Fsp3) is 0.286. The number of hydrogen-bond donors (Lipinski definition) is 1. The first-order valence-electron chi connectivity index (χ1n) is 9.06. The van der Waals surface area contributed by atoms with E-state index < -0.39 is 23.3 Å². The summed E-state index contributed by atoms with van der Waals surface area (Å²) in [7, 11) is 0. The zero-order valence-electron chi connectivity index (χ0n) is 15.4. The van der Waals surface area contributed by atoms with Gasteiger partial charge < -0.3 is 5.32 Å². The van der Waals surface area contributed by atoms with Crippen LogP contribution in [0.15, 0.2) is 53.0 Å². The summed E-state index contributed by atoms with van der Waals surface area (Å²) in [4.78, 5) is 39.3. The van der Waals surface area contributed by atoms with E-state index in [0.29, 0.717) is 24.0 Å². The Morgan fingerprint density at radius 3 is 2.36 bits per heavy atom.